The molecule has 2 N–H and O–H groups in total. The Morgan fingerprint density at radius 2 is 1.82 bits per heavy atom. The first-order chi connectivity index (χ1) is 17.7. The number of rotatable bonds is 5. The van der Waals surface area contributed by atoms with Crippen molar-refractivity contribution in [2.45, 2.75) is 51.4 Å². The summed E-state index contributed by atoms with van der Waals surface area (Å²) in [5, 5.41) is 23.1. The minimum atomic E-state index is -0.972. The molecule has 13 heteroatoms. The molecule has 1 heterocycles. The second kappa shape index (κ2) is 11.9. The Labute approximate surface area is 228 Å². The van der Waals surface area contributed by atoms with Crippen molar-refractivity contribution in [2.75, 3.05) is 13.1 Å². The zero-order chi connectivity index (χ0) is 28.2. The number of halogens is 2. The number of carbonyl (C=O) groups is 3. The summed E-state index contributed by atoms with van der Waals surface area (Å²) in [7, 11) is 0. The van der Waals surface area contributed by atoms with Crippen molar-refractivity contribution in [3.05, 3.63) is 67.7 Å². The Morgan fingerprint density at radius 3 is 2.42 bits per heavy atom. The minimum Gasteiger partial charge on any atom is -0.508 e. The van der Waals surface area contributed by atoms with E-state index in [1.165, 1.54) is 29.2 Å². The number of hydrogen-bond acceptors (Lipinski definition) is 8. The van der Waals surface area contributed by atoms with Gasteiger partial charge < -0.3 is 24.8 Å². The number of nitro benzene ring substituents is 1. The van der Waals surface area contributed by atoms with Crippen molar-refractivity contribution in [1.82, 2.24) is 10.2 Å². The third-order valence-corrected chi connectivity index (χ3v) is 6.19. The van der Waals surface area contributed by atoms with Crippen molar-refractivity contribution in [2.24, 2.45) is 0 Å². The molecule has 0 aliphatic carbocycles. The van der Waals surface area contributed by atoms with Crippen LogP contribution in [-0.4, -0.2) is 63.7 Å². The lowest BCUT2D eigenvalue weighted by Gasteiger charge is -2.30. The highest BCUT2D eigenvalue weighted by Gasteiger charge is 2.36. The molecule has 2 aromatic rings. The zero-order valence-corrected chi connectivity index (χ0v) is 22.4. The molecule has 2 atom stereocenters. The molecule has 0 saturated carbocycles. The zero-order valence-electron chi connectivity index (χ0n) is 20.9. The molecule has 0 spiro atoms. The average molecular weight is 568 g/mol. The normalized spacial score (nSPS) is 17.8. The number of phenols is 1. The number of ether oxygens (including phenoxy) is 2. The van der Waals surface area contributed by atoms with Gasteiger partial charge in [-0.1, -0.05) is 23.2 Å². The second-order valence-corrected chi connectivity index (χ2v) is 10.5. The van der Waals surface area contributed by atoms with Gasteiger partial charge in [0, 0.05) is 29.7 Å². The van der Waals surface area contributed by atoms with Crippen LogP contribution in [0.3, 0.4) is 0 Å². The van der Waals surface area contributed by atoms with Crippen molar-refractivity contribution in [3.63, 3.8) is 0 Å². The van der Waals surface area contributed by atoms with E-state index in [2.05, 4.69) is 5.32 Å². The molecule has 1 saturated heterocycles. The van der Waals surface area contributed by atoms with Crippen molar-refractivity contribution in [1.29, 1.82) is 0 Å². The fourth-order valence-corrected chi connectivity index (χ4v) is 4.29. The van der Waals surface area contributed by atoms with Gasteiger partial charge in [0.1, 0.15) is 22.5 Å². The number of amides is 2. The van der Waals surface area contributed by atoms with Crippen LogP contribution in [-0.2, 0) is 9.47 Å². The molecule has 2 amide bonds. The van der Waals surface area contributed by atoms with Crippen molar-refractivity contribution < 1.29 is 33.9 Å². The largest absolute Gasteiger partial charge is 0.508 e. The summed E-state index contributed by atoms with van der Waals surface area (Å²) in [4.78, 5) is 50.8. The standard InChI is InChI=1S/C25H27Cl2N3O8/c1-25(2,3)38-24(34)29-10-4-5-20(18(13-29)28-22(32)14-6-8-16(31)9-7-14)37-23(33)17-11-15(26)12-19(21(17)27)30(35)36/h6-9,11-12,18,20,31H,4-5,10,13H2,1-3H3,(H,28,32)/t18-,20-/m1/s1. The van der Waals surface area contributed by atoms with Gasteiger partial charge in [-0.2, -0.15) is 0 Å². The van der Waals surface area contributed by atoms with Crippen LogP contribution in [0.1, 0.15) is 54.3 Å². The van der Waals surface area contributed by atoms with Crippen molar-refractivity contribution >= 4 is 46.9 Å². The molecule has 0 radical (unpaired) electrons. The molecule has 1 aliphatic heterocycles. The molecule has 2 aromatic carbocycles. The molecule has 38 heavy (non-hydrogen) atoms. The van der Waals surface area contributed by atoms with Crippen LogP contribution in [0.25, 0.3) is 0 Å². The lowest BCUT2D eigenvalue weighted by molar-refractivity contribution is -0.384. The highest BCUT2D eigenvalue weighted by atomic mass is 35.5. The highest BCUT2D eigenvalue weighted by molar-refractivity contribution is 6.37. The molecule has 11 nitrogen and oxygen atoms in total. The first-order valence-electron chi connectivity index (χ1n) is 11.7. The van der Waals surface area contributed by atoms with Gasteiger partial charge in [-0.05, 0) is 63.9 Å². The first kappa shape index (κ1) is 29.0. The molecule has 0 bridgehead atoms. The Kier molecular flexibility index (Phi) is 9.05. The van der Waals surface area contributed by atoms with Gasteiger partial charge in [0.05, 0.1) is 16.5 Å². The monoisotopic (exact) mass is 567 g/mol. The van der Waals surface area contributed by atoms with Crippen LogP contribution in [0, 0.1) is 10.1 Å². The summed E-state index contributed by atoms with van der Waals surface area (Å²) in [6, 6.07) is 6.83. The number of nitro groups is 1. The number of likely N-dealkylation sites (tertiary alicyclic amines) is 1. The van der Waals surface area contributed by atoms with Gasteiger partial charge in [0.2, 0.25) is 0 Å². The molecule has 0 aromatic heterocycles. The summed E-state index contributed by atoms with van der Waals surface area (Å²) in [5.74, 6) is -1.52. The Bertz CT molecular complexity index is 1230. The maximum Gasteiger partial charge on any atom is 0.410 e. The predicted octanol–water partition coefficient (Wildman–Crippen LogP) is 4.96. The van der Waals surface area contributed by atoms with Gasteiger partial charge >= 0.3 is 12.1 Å². The number of nitrogens with one attached hydrogen (secondary N) is 1. The second-order valence-electron chi connectivity index (χ2n) is 9.68. The van der Waals surface area contributed by atoms with Crippen LogP contribution in [0.15, 0.2) is 36.4 Å². The molecule has 3 rings (SSSR count). The molecular weight excluding hydrogens is 541 g/mol. The van der Waals surface area contributed by atoms with Crippen LogP contribution >= 0.6 is 23.2 Å². The van der Waals surface area contributed by atoms with Crippen LogP contribution < -0.4 is 5.32 Å². The van der Waals surface area contributed by atoms with Crippen LogP contribution in [0.4, 0.5) is 10.5 Å². The SMILES string of the molecule is CC(C)(C)OC(=O)N1CCC[C@@H](OC(=O)c2cc(Cl)cc([N+](=O)[O-])c2Cl)[C@H](NC(=O)c2ccc(O)cc2)C1. The Hall–Kier alpha value is -3.57. The molecule has 204 valence electrons. The number of aromatic hydroxyl groups is 1. The summed E-state index contributed by atoms with van der Waals surface area (Å²) in [5.41, 5.74) is -1.38. The van der Waals surface area contributed by atoms with Gasteiger partial charge in [-0.3, -0.25) is 14.9 Å². The third kappa shape index (κ3) is 7.48. The average Bonchev–Trinajstić information content (AvgIpc) is 3.01. The highest BCUT2D eigenvalue weighted by Crippen LogP contribution is 2.33. The predicted molar refractivity (Wildman–Crippen MR) is 139 cm³/mol. The minimum absolute atomic E-state index is 0.0218. The van der Waals surface area contributed by atoms with E-state index in [4.69, 9.17) is 32.7 Å². The van der Waals surface area contributed by atoms with Gasteiger partial charge in [-0.25, -0.2) is 9.59 Å². The van der Waals surface area contributed by atoms with E-state index in [1.54, 1.807) is 20.8 Å². The van der Waals surface area contributed by atoms with E-state index in [0.717, 1.165) is 12.1 Å². The number of hydrogen-bond donors (Lipinski definition) is 2. The number of nitrogens with zero attached hydrogens (tertiary/aromatic N) is 2. The number of esters is 1. The fraction of sp³-hybridized carbons (Fsp3) is 0.400. The first-order valence-corrected chi connectivity index (χ1v) is 12.4. The van der Waals surface area contributed by atoms with Gasteiger partial charge in [0.25, 0.3) is 11.6 Å². The summed E-state index contributed by atoms with van der Waals surface area (Å²) in [6.07, 6.45) is -0.857. The lowest BCUT2D eigenvalue weighted by Crippen LogP contribution is -2.51. The number of benzene rings is 2. The molecule has 1 fully saturated rings. The van der Waals surface area contributed by atoms with Crippen LogP contribution in [0.5, 0.6) is 5.75 Å². The molecule has 0 unspecified atom stereocenters. The third-order valence-electron chi connectivity index (χ3n) is 5.57. The Morgan fingerprint density at radius 1 is 1.16 bits per heavy atom. The van der Waals surface area contributed by atoms with E-state index < -0.39 is 51.3 Å². The quantitative estimate of drug-likeness (QED) is 0.292. The fourth-order valence-electron chi connectivity index (χ4n) is 3.82. The van der Waals surface area contributed by atoms with Crippen LogP contribution in [0.2, 0.25) is 10.0 Å². The van der Waals surface area contributed by atoms with E-state index in [0.29, 0.717) is 6.42 Å². The van der Waals surface area contributed by atoms with E-state index in [9.17, 15) is 29.6 Å². The van der Waals surface area contributed by atoms with E-state index in [1.807, 2.05) is 0 Å². The molecule has 1 aliphatic rings. The number of carbonyl (C=O) groups excluding carboxylic acids is 3. The van der Waals surface area contributed by atoms with Crippen molar-refractivity contribution in [3.8, 4) is 5.75 Å². The summed E-state index contributed by atoms with van der Waals surface area (Å²) >= 11 is 12.1. The lowest BCUT2D eigenvalue weighted by atomic mass is 10.1. The maximum absolute atomic E-state index is 13.1. The van der Waals surface area contributed by atoms with E-state index in [-0.39, 0.29) is 41.4 Å². The molecular formula is C25H27Cl2N3O8. The number of phenolic OH excluding ortho intramolecular Hbond substituents is 1. The maximum atomic E-state index is 13.1. The Balaban J connectivity index is 1.89. The van der Waals surface area contributed by atoms with E-state index >= 15 is 0 Å². The van der Waals surface area contributed by atoms with Gasteiger partial charge in [0.15, 0.2) is 0 Å². The topological polar surface area (TPSA) is 148 Å². The van der Waals surface area contributed by atoms with Gasteiger partial charge in [-0.15, -0.1) is 0 Å². The summed E-state index contributed by atoms with van der Waals surface area (Å²) in [6.45, 7) is 5.42. The smallest absolute Gasteiger partial charge is 0.410 e. The summed E-state index contributed by atoms with van der Waals surface area (Å²) < 4.78 is 11.2.